The van der Waals surface area contributed by atoms with Gasteiger partial charge in [0, 0.05) is 6.20 Å². The molecular formula is C15H15N. The monoisotopic (exact) mass is 209 g/mol. The Balaban J connectivity index is 2.21. The fourth-order valence-corrected chi connectivity index (χ4v) is 1.52. The highest BCUT2D eigenvalue weighted by Crippen LogP contribution is 2.12. The Morgan fingerprint density at radius 3 is 2.50 bits per heavy atom. The molecule has 16 heavy (non-hydrogen) atoms. The number of hydrogen-bond donors (Lipinski definition) is 0. The van der Waals surface area contributed by atoms with Crippen LogP contribution < -0.4 is 0 Å². The first-order chi connectivity index (χ1) is 7.75. The summed E-state index contributed by atoms with van der Waals surface area (Å²) in [5.74, 6) is 0. The van der Waals surface area contributed by atoms with Crippen molar-refractivity contribution < 1.29 is 0 Å². The van der Waals surface area contributed by atoms with E-state index in [1.165, 1.54) is 16.7 Å². The van der Waals surface area contributed by atoms with Crippen molar-refractivity contribution in [3.63, 3.8) is 0 Å². The summed E-state index contributed by atoms with van der Waals surface area (Å²) in [7, 11) is 0. The van der Waals surface area contributed by atoms with Crippen LogP contribution in [0.25, 0.3) is 12.2 Å². The molecule has 80 valence electrons. The zero-order chi connectivity index (χ0) is 11.4. The molecule has 0 aliphatic heterocycles. The summed E-state index contributed by atoms with van der Waals surface area (Å²) < 4.78 is 0. The highest BCUT2D eigenvalue weighted by molar-refractivity contribution is 5.68. The summed E-state index contributed by atoms with van der Waals surface area (Å²) in [6.45, 7) is 4.26. The molecule has 0 unspecified atom stereocenters. The molecule has 0 N–H and O–H groups in total. The van der Waals surface area contributed by atoms with Crippen molar-refractivity contribution in [3.8, 4) is 0 Å². The van der Waals surface area contributed by atoms with Gasteiger partial charge in [0.05, 0.1) is 5.69 Å². The number of hydrogen-bond acceptors (Lipinski definition) is 1. The molecule has 0 aliphatic carbocycles. The molecule has 0 amide bonds. The third-order valence-electron chi connectivity index (χ3n) is 2.67. The van der Waals surface area contributed by atoms with Gasteiger partial charge in [-0.05, 0) is 48.7 Å². The molecular weight excluding hydrogens is 194 g/mol. The molecule has 0 aliphatic rings. The molecule has 0 bridgehead atoms. The molecule has 1 nitrogen and oxygen atoms in total. The average Bonchev–Trinajstić information content (AvgIpc) is 2.32. The predicted octanol–water partition coefficient (Wildman–Crippen LogP) is 3.87. The van der Waals surface area contributed by atoms with Gasteiger partial charge in [-0.1, -0.05) is 30.3 Å². The van der Waals surface area contributed by atoms with E-state index in [0.717, 1.165) is 5.69 Å². The fourth-order valence-electron chi connectivity index (χ4n) is 1.52. The lowest BCUT2D eigenvalue weighted by Crippen LogP contribution is -1.82. The van der Waals surface area contributed by atoms with Crippen LogP contribution in [0.3, 0.4) is 0 Å². The van der Waals surface area contributed by atoms with Crippen LogP contribution in [0.15, 0.2) is 42.6 Å². The lowest BCUT2D eigenvalue weighted by atomic mass is 10.1. The molecule has 0 radical (unpaired) electrons. The Morgan fingerprint density at radius 2 is 1.81 bits per heavy atom. The maximum atomic E-state index is 4.25. The Kier molecular flexibility index (Phi) is 3.16. The van der Waals surface area contributed by atoms with E-state index in [1.54, 1.807) is 6.20 Å². The Morgan fingerprint density at radius 1 is 0.938 bits per heavy atom. The smallest absolute Gasteiger partial charge is 0.0629 e. The van der Waals surface area contributed by atoms with Gasteiger partial charge in [-0.15, -0.1) is 0 Å². The van der Waals surface area contributed by atoms with Gasteiger partial charge in [-0.3, -0.25) is 4.98 Å². The second-order valence-electron chi connectivity index (χ2n) is 3.93. The summed E-state index contributed by atoms with van der Waals surface area (Å²) in [6.07, 6.45) is 5.93. The van der Waals surface area contributed by atoms with E-state index in [9.17, 15) is 0 Å². The topological polar surface area (TPSA) is 12.9 Å². The van der Waals surface area contributed by atoms with Gasteiger partial charge in [0.2, 0.25) is 0 Å². The standard InChI is InChI=1S/C15H15N/c1-12-6-7-14(11-13(12)2)8-9-15-5-3-4-10-16-15/h3-11H,1-2H3/b9-8+. The van der Waals surface area contributed by atoms with Gasteiger partial charge in [0.25, 0.3) is 0 Å². The third-order valence-corrected chi connectivity index (χ3v) is 2.67. The second kappa shape index (κ2) is 4.75. The van der Waals surface area contributed by atoms with E-state index in [-0.39, 0.29) is 0 Å². The van der Waals surface area contributed by atoms with Gasteiger partial charge >= 0.3 is 0 Å². The van der Waals surface area contributed by atoms with Crippen LogP contribution in [0, 0.1) is 13.8 Å². The van der Waals surface area contributed by atoms with E-state index in [4.69, 9.17) is 0 Å². The highest BCUT2D eigenvalue weighted by atomic mass is 14.6. The van der Waals surface area contributed by atoms with Crippen molar-refractivity contribution in [1.82, 2.24) is 4.98 Å². The Bertz CT molecular complexity index is 498. The number of rotatable bonds is 2. The molecule has 2 aromatic rings. The van der Waals surface area contributed by atoms with Crippen molar-refractivity contribution >= 4 is 12.2 Å². The summed E-state index contributed by atoms with van der Waals surface area (Å²) >= 11 is 0. The summed E-state index contributed by atoms with van der Waals surface area (Å²) in [5.41, 5.74) is 4.85. The average molecular weight is 209 g/mol. The van der Waals surface area contributed by atoms with Crippen molar-refractivity contribution in [2.45, 2.75) is 13.8 Å². The molecule has 0 spiro atoms. The zero-order valence-corrected chi connectivity index (χ0v) is 9.64. The van der Waals surface area contributed by atoms with Crippen LogP contribution in [0.2, 0.25) is 0 Å². The van der Waals surface area contributed by atoms with Gasteiger partial charge in [-0.2, -0.15) is 0 Å². The number of nitrogens with zero attached hydrogens (tertiary/aromatic N) is 1. The summed E-state index contributed by atoms with van der Waals surface area (Å²) in [5, 5.41) is 0. The molecule has 2 rings (SSSR count). The van der Waals surface area contributed by atoms with E-state index in [0.29, 0.717) is 0 Å². The van der Waals surface area contributed by atoms with Crippen molar-refractivity contribution in [1.29, 1.82) is 0 Å². The zero-order valence-electron chi connectivity index (χ0n) is 9.64. The molecule has 0 saturated heterocycles. The quantitative estimate of drug-likeness (QED) is 0.731. The largest absolute Gasteiger partial charge is 0.257 e. The minimum atomic E-state index is 0.987. The van der Waals surface area contributed by atoms with Crippen molar-refractivity contribution in [2.75, 3.05) is 0 Å². The third kappa shape index (κ3) is 2.57. The fraction of sp³-hybridized carbons (Fsp3) is 0.133. The van der Waals surface area contributed by atoms with Crippen LogP contribution in [0.1, 0.15) is 22.4 Å². The van der Waals surface area contributed by atoms with Crippen LogP contribution in [0.5, 0.6) is 0 Å². The molecule has 0 saturated carbocycles. The second-order valence-corrected chi connectivity index (χ2v) is 3.93. The van der Waals surface area contributed by atoms with E-state index in [2.05, 4.69) is 43.1 Å². The predicted molar refractivity (Wildman–Crippen MR) is 69.1 cm³/mol. The number of aryl methyl sites for hydroxylation is 2. The Labute approximate surface area is 96.5 Å². The first kappa shape index (κ1) is 10.6. The van der Waals surface area contributed by atoms with Crippen molar-refractivity contribution in [2.24, 2.45) is 0 Å². The lowest BCUT2D eigenvalue weighted by molar-refractivity contribution is 1.30. The SMILES string of the molecule is Cc1ccc(/C=C/c2ccccn2)cc1C. The van der Waals surface area contributed by atoms with Gasteiger partial charge in [0.1, 0.15) is 0 Å². The maximum absolute atomic E-state index is 4.25. The number of aromatic nitrogens is 1. The number of pyridine rings is 1. The molecule has 1 heteroatoms. The van der Waals surface area contributed by atoms with Crippen LogP contribution >= 0.6 is 0 Å². The van der Waals surface area contributed by atoms with E-state index < -0.39 is 0 Å². The highest BCUT2D eigenvalue weighted by Gasteiger charge is 1.93. The van der Waals surface area contributed by atoms with E-state index >= 15 is 0 Å². The normalized spacial score (nSPS) is 10.9. The minimum Gasteiger partial charge on any atom is -0.257 e. The first-order valence-electron chi connectivity index (χ1n) is 5.42. The molecule has 0 atom stereocenters. The first-order valence-corrected chi connectivity index (χ1v) is 5.42. The minimum absolute atomic E-state index is 0.987. The number of benzene rings is 1. The maximum Gasteiger partial charge on any atom is 0.0629 e. The van der Waals surface area contributed by atoms with Gasteiger partial charge < -0.3 is 0 Å². The molecule has 1 heterocycles. The summed E-state index contributed by atoms with van der Waals surface area (Å²) in [6, 6.07) is 12.4. The van der Waals surface area contributed by atoms with Crippen molar-refractivity contribution in [3.05, 3.63) is 65.0 Å². The van der Waals surface area contributed by atoms with Gasteiger partial charge in [-0.25, -0.2) is 0 Å². The van der Waals surface area contributed by atoms with E-state index in [1.807, 2.05) is 24.3 Å². The molecule has 1 aromatic carbocycles. The van der Waals surface area contributed by atoms with Gasteiger partial charge in [0.15, 0.2) is 0 Å². The lowest BCUT2D eigenvalue weighted by Gasteiger charge is -2.00. The summed E-state index contributed by atoms with van der Waals surface area (Å²) in [4.78, 5) is 4.25. The van der Waals surface area contributed by atoms with Crippen LogP contribution in [0.4, 0.5) is 0 Å². The Hall–Kier alpha value is -1.89. The molecule has 1 aromatic heterocycles. The van der Waals surface area contributed by atoms with Crippen LogP contribution in [-0.2, 0) is 0 Å². The van der Waals surface area contributed by atoms with Crippen LogP contribution in [-0.4, -0.2) is 4.98 Å². The molecule has 0 fully saturated rings.